The van der Waals surface area contributed by atoms with Crippen molar-refractivity contribution < 1.29 is 64.6 Å². The summed E-state index contributed by atoms with van der Waals surface area (Å²) < 4.78 is 76.3. The van der Waals surface area contributed by atoms with E-state index in [2.05, 4.69) is 48.1 Å². The van der Waals surface area contributed by atoms with E-state index in [0.29, 0.717) is 42.8 Å². The number of nitrogens with zero attached hydrogens (tertiary/aromatic N) is 8. The van der Waals surface area contributed by atoms with Gasteiger partial charge in [0.2, 0.25) is 0 Å². The van der Waals surface area contributed by atoms with Crippen LogP contribution >= 0.6 is 15.9 Å². The average Bonchev–Trinajstić information content (AvgIpc) is 1.67. The molecule has 504 valence electrons. The summed E-state index contributed by atoms with van der Waals surface area (Å²) >= 11 is 3.21. The van der Waals surface area contributed by atoms with Gasteiger partial charge in [0, 0.05) is 56.8 Å². The molecular weight excluding hydrogens is 1320 g/mol. The lowest BCUT2D eigenvalue weighted by Crippen LogP contribution is -2.46. The summed E-state index contributed by atoms with van der Waals surface area (Å²) in [6.07, 6.45) is 5.08. The van der Waals surface area contributed by atoms with Gasteiger partial charge in [-0.25, -0.2) is 59.1 Å². The second-order valence-electron chi connectivity index (χ2n) is 25.5. The Morgan fingerprint density at radius 2 is 1.01 bits per heavy atom. The summed E-state index contributed by atoms with van der Waals surface area (Å²) in [7, 11) is -7.76. The number of esters is 1. The molecule has 23 nitrogen and oxygen atoms in total. The maximum absolute atomic E-state index is 13.9. The number of fused-ring (bicyclic) bond motifs is 2. The van der Waals surface area contributed by atoms with Gasteiger partial charge in [0.25, 0.3) is 20.0 Å². The van der Waals surface area contributed by atoms with E-state index < -0.39 is 61.2 Å². The molecule has 5 unspecified atom stereocenters. The molecule has 26 heteroatoms. The third kappa shape index (κ3) is 19.2. The standard InChI is InChI=1S/C35H40N4O7S.C18H20N4O4S.C16H20BrNO3/c1-23-11-13-26(14-12-23)47(43,44)39-18-16-29-32(39)36-20-30(37-29)27(33(41)46-35(3,4)5)19-31(40)28-21-38(17-15-24(28)2)34(42)45-22-25-9-7-6-8-10-25;1-12-5-7-13(8-6-12)27(24,25)22-10-9-14-16(22)19-11-15(20-14)21-17(23)26-18(2,3)4;1-12-7-8-18(10-14(12)15(19)9-17)16(20)21-11-13-5-3-2-4-6-13/h6-14,16,18,20,24,27-28H,15,17,19,21-22H2,1-5H3;5-11H,1-4H3,(H,20,21,23);2-6,12,14H,7-11H2,1H3. The molecule has 1 N–H and O–H groups in total. The largest absolute Gasteiger partial charge is 0.459 e. The van der Waals surface area contributed by atoms with Crippen LogP contribution in [0.1, 0.15) is 109 Å². The third-order valence-corrected chi connectivity index (χ3v) is 19.7. The van der Waals surface area contributed by atoms with E-state index in [-0.39, 0.29) is 93.8 Å². The number of rotatable bonds is 16. The third-order valence-electron chi connectivity index (χ3n) is 15.8. The van der Waals surface area contributed by atoms with Crippen LogP contribution in [0.5, 0.6) is 0 Å². The molecular formula is C69H80BrN9O14S2. The minimum absolute atomic E-state index is 0.0328. The smallest absolute Gasteiger partial charge is 0.413 e. The molecule has 2 aliphatic rings. The lowest BCUT2D eigenvalue weighted by Gasteiger charge is -2.36. The van der Waals surface area contributed by atoms with Crippen LogP contribution in [0, 0.1) is 37.5 Å². The highest BCUT2D eigenvalue weighted by atomic mass is 79.9. The number of likely N-dealkylation sites (tertiary alicyclic amines) is 2. The van der Waals surface area contributed by atoms with Crippen LogP contribution in [0.25, 0.3) is 22.3 Å². The van der Waals surface area contributed by atoms with Gasteiger partial charge in [-0.1, -0.05) is 126 Å². The average molecular weight is 1400 g/mol. The van der Waals surface area contributed by atoms with Crippen LogP contribution < -0.4 is 5.32 Å². The molecule has 95 heavy (non-hydrogen) atoms. The minimum atomic E-state index is -3.96. The van der Waals surface area contributed by atoms with E-state index in [1.165, 1.54) is 54.0 Å². The molecule has 8 aromatic rings. The number of carbonyl (C=O) groups excluding carboxylic acids is 6. The summed E-state index contributed by atoms with van der Waals surface area (Å²) in [6, 6.07) is 35.0. The van der Waals surface area contributed by atoms with Crippen LogP contribution in [-0.4, -0.2) is 133 Å². The molecule has 2 aliphatic heterocycles. The molecule has 2 fully saturated rings. The number of ketones is 2. The predicted molar refractivity (Wildman–Crippen MR) is 360 cm³/mol. The van der Waals surface area contributed by atoms with E-state index >= 15 is 0 Å². The summed E-state index contributed by atoms with van der Waals surface area (Å²) in [6.45, 7) is 20.3. The number of anilines is 1. The zero-order valence-electron chi connectivity index (χ0n) is 54.8. The maximum atomic E-state index is 13.9. The highest BCUT2D eigenvalue weighted by Crippen LogP contribution is 2.33. The number of Topliss-reactive ketones (excluding diaryl/α,β-unsaturated/α-hetero) is 2. The van der Waals surface area contributed by atoms with Crippen molar-refractivity contribution in [3.05, 3.63) is 174 Å². The van der Waals surface area contributed by atoms with Crippen molar-refractivity contribution in [1.29, 1.82) is 0 Å². The van der Waals surface area contributed by atoms with Gasteiger partial charge in [-0.3, -0.25) is 19.7 Å². The van der Waals surface area contributed by atoms with Gasteiger partial charge in [-0.05, 0) is 128 Å². The van der Waals surface area contributed by atoms with Crippen molar-refractivity contribution in [3.8, 4) is 0 Å². The second kappa shape index (κ2) is 31.1. The molecule has 4 aromatic carbocycles. The Morgan fingerprint density at radius 3 is 1.45 bits per heavy atom. The fourth-order valence-corrected chi connectivity index (χ4v) is 13.5. The topological polar surface area (TPSA) is 288 Å². The molecule has 4 aromatic heterocycles. The maximum Gasteiger partial charge on any atom is 0.413 e. The Balaban J connectivity index is 0.000000202. The number of ether oxygens (including phenoxy) is 4. The highest BCUT2D eigenvalue weighted by Gasteiger charge is 2.39. The summed E-state index contributed by atoms with van der Waals surface area (Å²) in [5.74, 6) is -1.97. The number of carbonyl (C=O) groups is 6. The van der Waals surface area contributed by atoms with Crippen LogP contribution in [0.4, 0.5) is 20.2 Å². The van der Waals surface area contributed by atoms with Crippen LogP contribution in [0.2, 0.25) is 0 Å². The van der Waals surface area contributed by atoms with Crippen molar-refractivity contribution in [2.75, 3.05) is 36.8 Å². The Kier molecular flexibility index (Phi) is 23.6. The Hall–Kier alpha value is -8.88. The lowest BCUT2D eigenvalue weighted by atomic mass is 9.80. The van der Waals surface area contributed by atoms with Gasteiger partial charge >= 0.3 is 24.2 Å². The molecule has 3 amide bonds. The van der Waals surface area contributed by atoms with Crippen molar-refractivity contribution in [3.63, 3.8) is 0 Å². The zero-order valence-corrected chi connectivity index (χ0v) is 58.0. The summed E-state index contributed by atoms with van der Waals surface area (Å²) in [4.78, 5) is 97.0. The number of hydrogen-bond donors (Lipinski definition) is 1. The number of amides is 3. The fraction of sp³-hybridized carbons (Fsp3) is 0.391. The van der Waals surface area contributed by atoms with Gasteiger partial charge in [0.1, 0.15) is 52.9 Å². The van der Waals surface area contributed by atoms with E-state index in [0.717, 1.165) is 36.6 Å². The number of nitrogens with one attached hydrogen (secondary N) is 1. The molecule has 2 saturated heterocycles. The number of alkyl halides is 1. The molecule has 10 rings (SSSR count). The monoisotopic (exact) mass is 1400 g/mol. The molecule has 0 aliphatic carbocycles. The summed E-state index contributed by atoms with van der Waals surface area (Å²) in [5, 5.41) is 2.83. The van der Waals surface area contributed by atoms with Crippen LogP contribution in [-0.2, 0) is 66.6 Å². The van der Waals surface area contributed by atoms with Gasteiger partial charge in [0.05, 0.1) is 33.2 Å². The molecule has 0 bridgehead atoms. The Bertz CT molecular complexity index is 4250. The van der Waals surface area contributed by atoms with Crippen molar-refractivity contribution in [2.45, 2.75) is 129 Å². The number of halogens is 1. The fourth-order valence-electron chi connectivity index (χ4n) is 10.5. The number of hydrogen-bond acceptors (Lipinski definition) is 18. The first-order chi connectivity index (χ1) is 44.9. The number of piperidine rings is 2. The molecule has 0 radical (unpaired) electrons. The molecule has 5 atom stereocenters. The quantitative estimate of drug-likeness (QED) is 0.0534. The minimum Gasteiger partial charge on any atom is -0.459 e. The van der Waals surface area contributed by atoms with Gasteiger partial charge in [-0.15, -0.1) is 0 Å². The van der Waals surface area contributed by atoms with E-state index in [9.17, 15) is 45.6 Å². The van der Waals surface area contributed by atoms with E-state index in [1.807, 2.05) is 81.4 Å². The number of benzene rings is 4. The predicted octanol–water partition coefficient (Wildman–Crippen LogP) is 12.2. The SMILES string of the molecule is CC1CCN(C(=O)OCc2ccccc2)CC1C(=O)CBr.Cc1ccc(S(=O)(=O)n2ccc3nc(C(CC(=O)C4CN(C(=O)OCc5ccccc5)CCC4C)C(=O)OC(C)(C)C)cnc32)cc1.Cc1ccc(S(=O)(=O)n2ccc3nc(NC(=O)OC(C)(C)C)cnc32)cc1. The first kappa shape index (κ1) is 72.0. The first-order valence-electron chi connectivity index (χ1n) is 31.0. The van der Waals surface area contributed by atoms with E-state index in [1.54, 1.807) is 82.8 Å². The first-order valence-corrected chi connectivity index (χ1v) is 35.0. The Morgan fingerprint density at radius 1 is 0.579 bits per heavy atom. The molecule has 6 heterocycles. The lowest BCUT2D eigenvalue weighted by molar-refractivity contribution is -0.158. The van der Waals surface area contributed by atoms with Gasteiger partial charge in [0.15, 0.2) is 17.1 Å². The summed E-state index contributed by atoms with van der Waals surface area (Å²) in [5.41, 5.74) is 3.26. The zero-order chi connectivity index (χ0) is 69.0. The van der Waals surface area contributed by atoms with Crippen LogP contribution in [0.15, 0.2) is 156 Å². The number of aryl methyl sites for hydroxylation is 2. The van der Waals surface area contributed by atoms with E-state index in [4.69, 9.17) is 18.9 Å². The van der Waals surface area contributed by atoms with Crippen molar-refractivity contribution in [1.82, 2.24) is 37.7 Å². The van der Waals surface area contributed by atoms with Gasteiger partial charge < -0.3 is 28.7 Å². The molecule has 0 spiro atoms. The molecule has 0 saturated carbocycles. The number of aromatic nitrogens is 6. The van der Waals surface area contributed by atoms with Crippen molar-refractivity contribution >= 4 is 99.9 Å². The van der Waals surface area contributed by atoms with Crippen LogP contribution in [0.3, 0.4) is 0 Å². The second-order valence-corrected chi connectivity index (χ2v) is 29.7. The normalized spacial score (nSPS) is 17.0. The van der Waals surface area contributed by atoms with Gasteiger partial charge in [-0.2, -0.15) is 0 Å². The highest BCUT2D eigenvalue weighted by molar-refractivity contribution is 9.09. The van der Waals surface area contributed by atoms with Crippen molar-refractivity contribution in [2.24, 2.45) is 23.7 Å². The Labute approximate surface area is 562 Å².